The Morgan fingerprint density at radius 1 is 1.12 bits per heavy atom. The van der Waals surface area contributed by atoms with Crippen molar-refractivity contribution >= 4 is 5.69 Å². The Kier molecular flexibility index (Phi) is 6.71. The van der Waals surface area contributed by atoms with Crippen LogP contribution >= 0.6 is 0 Å². The SMILES string of the molecule is CCc1ccc(NCCOCCC(C)C)cc1. The maximum absolute atomic E-state index is 5.55. The second kappa shape index (κ2) is 8.13. The summed E-state index contributed by atoms with van der Waals surface area (Å²) < 4.78 is 5.55. The van der Waals surface area contributed by atoms with E-state index in [-0.39, 0.29) is 0 Å². The topological polar surface area (TPSA) is 21.3 Å². The summed E-state index contributed by atoms with van der Waals surface area (Å²) in [6.07, 6.45) is 2.24. The third-order valence-electron chi connectivity index (χ3n) is 2.78. The molecule has 0 amide bonds. The Bertz CT molecular complexity index is 292. The highest BCUT2D eigenvalue weighted by atomic mass is 16.5. The largest absolute Gasteiger partial charge is 0.383 e. The minimum atomic E-state index is 0.726. The first-order chi connectivity index (χ1) is 8.22. The van der Waals surface area contributed by atoms with Gasteiger partial charge >= 0.3 is 0 Å². The maximum atomic E-state index is 5.55. The molecule has 1 aromatic carbocycles. The van der Waals surface area contributed by atoms with Crippen LogP contribution in [0, 0.1) is 5.92 Å². The minimum absolute atomic E-state index is 0.726. The van der Waals surface area contributed by atoms with Crippen molar-refractivity contribution in [2.24, 2.45) is 5.92 Å². The molecule has 17 heavy (non-hydrogen) atoms. The van der Waals surface area contributed by atoms with E-state index in [4.69, 9.17) is 4.74 Å². The summed E-state index contributed by atoms with van der Waals surface area (Å²) in [6.45, 7) is 9.14. The van der Waals surface area contributed by atoms with E-state index in [9.17, 15) is 0 Å². The molecule has 0 aliphatic carbocycles. The van der Waals surface area contributed by atoms with Crippen molar-refractivity contribution in [3.63, 3.8) is 0 Å². The van der Waals surface area contributed by atoms with Gasteiger partial charge in [-0.2, -0.15) is 0 Å². The predicted molar refractivity (Wildman–Crippen MR) is 74.6 cm³/mol. The number of ether oxygens (including phenoxy) is 1. The summed E-state index contributed by atoms with van der Waals surface area (Å²) in [5.74, 6) is 0.726. The molecular weight excluding hydrogens is 210 g/mol. The van der Waals surface area contributed by atoms with Gasteiger partial charge in [0.15, 0.2) is 0 Å². The van der Waals surface area contributed by atoms with E-state index >= 15 is 0 Å². The Morgan fingerprint density at radius 3 is 2.41 bits per heavy atom. The molecule has 0 unspecified atom stereocenters. The minimum Gasteiger partial charge on any atom is -0.383 e. The predicted octanol–water partition coefficient (Wildman–Crippen LogP) is 3.72. The quantitative estimate of drug-likeness (QED) is 0.693. The summed E-state index contributed by atoms with van der Waals surface area (Å²) in [6, 6.07) is 8.60. The first-order valence-corrected chi connectivity index (χ1v) is 6.63. The van der Waals surface area contributed by atoms with E-state index < -0.39 is 0 Å². The summed E-state index contributed by atoms with van der Waals surface area (Å²) >= 11 is 0. The lowest BCUT2D eigenvalue weighted by Gasteiger charge is -2.09. The van der Waals surface area contributed by atoms with Gasteiger partial charge in [0.2, 0.25) is 0 Å². The molecule has 0 spiro atoms. The van der Waals surface area contributed by atoms with Crippen molar-refractivity contribution in [2.45, 2.75) is 33.6 Å². The summed E-state index contributed by atoms with van der Waals surface area (Å²) in [5.41, 5.74) is 2.55. The fraction of sp³-hybridized carbons (Fsp3) is 0.600. The zero-order valence-corrected chi connectivity index (χ0v) is 11.3. The van der Waals surface area contributed by atoms with Gasteiger partial charge in [0.1, 0.15) is 0 Å². The van der Waals surface area contributed by atoms with Crippen molar-refractivity contribution in [1.29, 1.82) is 0 Å². The molecule has 1 N–H and O–H groups in total. The molecule has 0 fully saturated rings. The van der Waals surface area contributed by atoms with E-state index in [0.717, 1.165) is 38.5 Å². The summed E-state index contributed by atoms with van der Waals surface area (Å²) in [5, 5.41) is 3.36. The van der Waals surface area contributed by atoms with Gasteiger partial charge in [-0.3, -0.25) is 0 Å². The number of rotatable bonds is 8. The van der Waals surface area contributed by atoms with E-state index in [1.54, 1.807) is 0 Å². The molecule has 0 aliphatic heterocycles. The van der Waals surface area contributed by atoms with Crippen LogP contribution < -0.4 is 5.32 Å². The van der Waals surface area contributed by atoms with Crippen LogP contribution in [0.15, 0.2) is 24.3 Å². The molecular formula is C15H25NO. The number of nitrogens with one attached hydrogen (secondary N) is 1. The van der Waals surface area contributed by atoms with Crippen LogP contribution in [-0.4, -0.2) is 19.8 Å². The molecule has 0 atom stereocenters. The molecule has 0 radical (unpaired) electrons. The van der Waals surface area contributed by atoms with Gasteiger partial charge in [-0.15, -0.1) is 0 Å². The second-order valence-corrected chi connectivity index (χ2v) is 4.77. The van der Waals surface area contributed by atoms with Gasteiger partial charge in [-0.25, -0.2) is 0 Å². The third-order valence-corrected chi connectivity index (χ3v) is 2.78. The standard InChI is InChI=1S/C15H25NO/c1-4-14-5-7-15(8-6-14)16-10-12-17-11-9-13(2)3/h5-8,13,16H,4,9-12H2,1-3H3. The smallest absolute Gasteiger partial charge is 0.0639 e. The number of anilines is 1. The van der Waals surface area contributed by atoms with E-state index in [0.29, 0.717) is 0 Å². The van der Waals surface area contributed by atoms with E-state index in [1.165, 1.54) is 11.3 Å². The van der Waals surface area contributed by atoms with Crippen molar-refractivity contribution in [3.05, 3.63) is 29.8 Å². The Hall–Kier alpha value is -1.02. The van der Waals surface area contributed by atoms with E-state index in [1.807, 2.05) is 0 Å². The zero-order chi connectivity index (χ0) is 12.5. The molecule has 0 saturated heterocycles. The highest BCUT2D eigenvalue weighted by Crippen LogP contribution is 2.09. The molecule has 1 aromatic rings. The van der Waals surface area contributed by atoms with Crippen LogP contribution in [0.25, 0.3) is 0 Å². The van der Waals surface area contributed by atoms with Crippen molar-refractivity contribution in [1.82, 2.24) is 0 Å². The lowest BCUT2D eigenvalue weighted by atomic mass is 10.1. The Labute approximate surface area is 105 Å². The highest BCUT2D eigenvalue weighted by Gasteiger charge is 1.95. The molecule has 0 saturated carbocycles. The molecule has 0 bridgehead atoms. The fourth-order valence-electron chi connectivity index (χ4n) is 1.55. The summed E-state index contributed by atoms with van der Waals surface area (Å²) in [4.78, 5) is 0. The van der Waals surface area contributed by atoms with Crippen molar-refractivity contribution in [3.8, 4) is 0 Å². The van der Waals surface area contributed by atoms with Gasteiger partial charge in [-0.05, 0) is 36.5 Å². The van der Waals surface area contributed by atoms with Crippen LogP contribution in [0.3, 0.4) is 0 Å². The normalized spacial score (nSPS) is 10.8. The Balaban J connectivity index is 2.09. The fourth-order valence-corrected chi connectivity index (χ4v) is 1.55. The lowest BCUT2D eigenvalue weighted by molar-refractivity contribution is 0.132. The maximum Gasteiger partial charge on any atom is 0.0639 e. The summed E-state index contributed by atoms with van der Waals surface area (Å²) in [7, 11) is 0. The van der Waals surface area contributed by atoms with Crippen LogP contribution in [0.4, 0.5) is 5.69 Å². The Morgan fingerprint density at radius 2 is 1.82 bits per heavy atom. The van der Waals surface area contributed by atoms with Gasteiger partial charge in [0.25, 0.3) is 0 Å². The van der Waals surface area contributed by atoms with Gasteiger partial charge in [0, 0.05) is 18.8 Å². The van der Waals surface area contributed by atoms with Gasteiger partial charge in [-0.1, -0.05) is 32.9 Å². The molecule has 96 valence electrons. The van der Waals surface area contributed by atoms with Crippen molar-refractivity contribution in [2.75, 3.05) is 25.1 Å². The number of benzene rings is 1. The second-order valence-electron chi connectivity index (χ2n) is 4.77. The average Bonchev–Trinajstić information content (AvgIpc) is 2.34. The number of aryl methyl sites for hydroxylation is 1. The number of hydrogen-bond acceptors (Lipinski definition) is 2. The number of hydrogen-bond donors (Lipinski definition) is 1. The van der Waals surface area contributed by atoms with Crippen LogP contribution in [0.2, 0.25) is 0 Å². The zero-order valence-electron chi connectivity index (χ0n) is 11.3. The lowest BCUT2D eigenvalue weighted by Crippen LogP contribution is -2.10. The first kappa shape index (κ1) is 14.0. The van der Waals surface area contributed by atoms with Crippen LogP contribution in [0.1, 0.15) is 32.8 Å². The van der Waals surface area contributed by atoms with Gasteiger partial charge < -0.3 is 10.1 Å². The first-order valence-electron chi connectivity index (χ1n) is 6.63. The monoisotopic (exact) mass is 235 g/mol. The van der Waals surface area contributed by atoms with E-state index in [2.05, 4.69) is 50.4 Å². The molecule has 2 heteroatoms. The molecule has 2 nitrogen and oxygen atoms in total. The molecule has 1 rings (SSSR count). The van der Waals surface area contributed by atoms with Gasteiger partial charge in [0.05, 0.1) is 6.61 Å². The van der Waals surface area contributed by atoms with Crippen LogP contribution in [0.5, 0.6) is 0 Å². The van der Waals surface area contributed by atoms with Crippen molar-refractivity contribution < 1.29 is 4.74 Å². The molecule has 0 heterocycles. The third kappa shape index (κ3) is 6.32. The van der Waals surface area contributed by atoms with Crippen LogP contribution in [-0.2, 0) is 11.2 Å². The molecule has 0 aliphatic rings. The molecule has 0 aromatic heterocycles. The highest BCUT2D eigenvalue weighted by molar-refractivity contribution is 5.44. The average molecular weight is 235 g/mol.